The summed E-state index contributed by atoms with van der Waals surface area (Å²) in [6.45, 7) is 2.39. The third kappa shape index (κ3) is 15.6. The average molecular weight is 356 g/mol. The third-order valence-electron chi connectivity index (χ3n) is 3.42. The van der Waals surface area contributed by atoms with Gasteiger partial charge in [-0.1, -0.05) is 24.3 Å². The van der Waals surface area contributed by atoms with E-state index in [2.05, 4.69) is 12.2 Å². The van der Waals surface area contributed by atoms with Crippen molar-refractivity contribution in [1.29, 1.82) is 0 Å². The first-order valence-corrected chi connectivity index (χ1v) is 8.80. The zero-order valence-electron chi connectivity index (χ0n) is 16.0. The van der Waals surface area contributed by atoms with E-state index in [4.69, 9.17) is 9.84 Å². The number of nitrogens with zero attached hydrogens (tertiary/aromatic N) is 1. The number of aliphatic carboxylic acids is 1. The Bertz CT molecular complexity index is 451. The summed E-state index contributed by atoms with van der Waals surface area (Å²) in [6, 6.07) is 0. The average Bonchev–Trinajstić information content (AvgIpc) is 2.43. The first kappa shape index (κ1) is 23.3. The molecule has 2 atom stereocenters. The number of aliphatic hydroxyl groups excluding tert-OH is 1. The third-order valence-corrected chi connectivity index (χ3v) is 3.42. The van der Waals surface area contributed by atoms with Crippen LogP contribution in [0, 0.1) is 0 Å². The van der Waals surface area contributed by atoms with Gasteiger partial charge in [-0.3, -0.25) is 9.59 Å². The molecule has 0 aliphatic carbocycles. The van der Waals surface area contributed by atoms with Gasteiger partial charge in [0.2, 0.25) is 0 Å². The van der Waals surface area contributed by atoms with Crippen LogP contribution < -0.4 is 0 Å². The summed E-state index contributed by atoms with van der Waals surface area (Å²) in [6.07, 6.45) is 9.51. The monoisotopic (exact) mass is 356 g/mol. The maximum Gasteiger partial charge on any atom is 0.308 e. The lowest BCUT2D eigenvalue weighted by atomic mass is 10.1. The van der Waals surface area contributed by atoms with Crippen LogP contribution in [0.25, 0.3) is 0 Å². The Morgan fingerprint density at radius 1 is 1.04 bits per heavy atom. The van der Waals surface area contributed by atoms with Crippen molar-refractivity contribution < 1.29 is 29.0 Å². The summed E-state index contributed by atoms with van der Waals surface area (Å²) in [4.78, 5) is 22.8. The van der Waals surface area contributed by atoms with Crippen molar-refractivity contribution in [2.45, 2.75) is 57.7 Å². The van der Waals surface area contributed by atoms with E-state index in [0.29, 0.717) is 23.9 Å². The molecular weight excluding hydrogens is 322 g/mol. The molecule has 6 nitrogen and oxygen atoms in total. The normalized spacial score (nSPS) is 14.8. The molecule has 2 N–H and O–H groups in total. The number of carbonyl (C=O) groups excluding carboxylic acids is 1. The highest BCUT2D eigenvalue weighted by atomic mass is 16.5. The van der Waals surface area contributed by atoms with Gasteiger partial charge in [0.25, 0.3) is 0 Å². The fourth-order valence-corrected chi connectivity index (χ4v) is 2.36. The zero-order chi connectivity index (χ0) is 19.3. The number of carboxylic acid groups (broad SMARTS) is 1. The maximum absolute atomic E-state index is 11.9. The molecule has 6 heteroatoms. The quantitative estimate of drug-likeness (QED) is 0.229. The van der Waals surface area contributed by atoms with Crippen molar-refractivity contribution in [3.8, 4) is 0 Å². The van der Waals surface area contributed by atoms with Crippen LogP contribution in [0.1, 0.15) is 45.4 Å². The Balaban J connectivity index is 4.20. The number of likely N-dealkylation sites (N-methyl/N-ethyl adjacent to an activating group) is 1. The topological polar surface area (TPSA) is 83.8 Å². The van der Waals surface area contributed by atoms with E-state index in [9.17, 15) is 14.7 Å². The molecule has 0 fully saturated rings. The van der Waals surface area contributed by atoms with Gasteiger partial charge in [-0.15, -0.1) is 0 Å². The maximum atomic E-state index is 11.9. The second-order valence-corrected chi connectivity index (χ2v) is 7.24. The molecule has 0 amide bonds. The molecule has 0 bridgehead atoms. The van der Waals surface area contributed by atoms with E-state index in [1.54, 1.807) is 0 Å². The number of carbonyl (C=O) groups is 2. The van der Waals surface area contributed by atoms with Crippen LogP contribution in [-0.4, -0.2) is 66.5 Å². The number of rotatable bonds is 13. The first-order valence-electron chi connectivity index (χ1n) is 8.80. The van der Waals surface area contributed by atoms with Crippen LogP contribution in [-0.2, 0) is 14.3 Å². The van der Waals surface area contributed by atoms with Gasteiger partial charge in [0, 0.05) is 0 Å². The molecule has 0 saturated heterocycles. The van der Waals surface area contributed by atoms with Crippen LogP contribution in [0.5, 0.6) is 0 Å². The fourth-order valence-electron chi connectivity index (χ4n) is 2.36. The van der Waals surface area contributed by atoms with Gasteiger partial charge >= 0.3 is 11.9 Å². The predicted molar refractivity (Wildman–Crippen MR) is 98.1 cm³/mol. The van der Waals surface area contributed by atoms with E-state index in [1.165, 1.54) is 0 Å². The molecule has 144 valence electrons. The van der Waals surface area contributed by atoms with Gasteiger partial charge in [-0.05, 0) is 32.6 Å². The number of quaternary nitrogens is 1. The van der Waals surface area contributed by atoms with Crippen molar-refractivity contribution in [2.75, 3.05) is 27.7 Å². The van der Waals surface area contributed by atoms with Crippen LogP contribution in [0.2, 0.25) is 0 Å². The summed E-state index contributed by atoms with van der Waals surface area (Å²) in [5.74, 6) is -1.56. The Morgan fingerprint density at radius 2 is 1.64 bits per heavy atom. The van der Waals surface area contributed by atoms with E-state index < -0.39 is 24.1 Å². The number of carboxylic acids is 1. The van der Waals surface area contributed by atoms with Crippen molar-refractivity contribution in [1.82, 2.24) is 0 Å². The Morgan fingerprint density at radius 3 is 2.20 bits per heavy atom. The second kappa shape index (κ2) is 12.7. The summed E-state index contributed by atoms with van der Waals surface area (Å²) >= 11 is 0. The van der Waals surface area contributed by atoms with Crippen molar-refractivity contribution in [3.63, 3.8) is 0 Å². The van der Waals surface area contributed by atoms with Gasteiger partial charge < -0.3 is 19.4 Å². The van der Waals surface area contributed by atoms with Crippen LogP contribution in [0.15, 0.2) is 24.3 Å². The molecule has 0 aromatic heterocycles. The van der Waals surface area contributed by atoms with Gasteiger partial charge in [0.1, 0.15) is 6.54 Å². The largest absolute Gasteiger partial charge is 0.481 e. The molecule has 25 heavy (non-hydrogen) atoms. The molecule has 2 unspecified atom stereocenters. The summed E-state index contributed by atoms with van der Waals surface area (Å²) in [5.41, 5.74) is 0. The first-order chi connectivity index (χ1) is 11.6. The van der Waals surface area contributed by atoms with Crippen LogP contribution in [0.4, 0.5) is 0 Å². The van der Waals surface area contributed by atoms with Crippen molar-refractivity contribution >= 4 is 11.9 Å². The van der Waals surface area contributed by atoms with Gasteiger partial charge in [0.05, 0.1) is 40.1 Å². The van der Waals surface area contributed by atoms with E-state index in [0.717, 1.165) is 12.8 Å². The molecular formula is C19H34NO5+. The molecule has 0 aliphatic rings. The molecule has 0 spiro atoms. The minimum absolute atomic E-state index is 0.111. The number of unbranched alkanes of at least 4 members (excludes halogenated alkanes) is 1. The number of aliphatic hydroxyl groups is 1. The minimum Gasteiger partial charge on any atom is -0.481 e. The number of allylic oxidation sites excluding steroid dienone is 4. The molecule has 0 radical (unpaired) electrons. The lowest BCUT2D eigenvalue weighted by molar-refractivity contribution is -0.873. The highest BCUT2D eigenvalue weighted by molar-refractivity contribution is 5.71. The van der Waals surface area contributed by atoms with Crippen molar-refractivity contribution in [3.05, 3.63) is 24.3 Å². The van der Waals surface area contributed by atoms with Crippen LogP contribution in [0.3, 0.4) is 0 Å². The smallest absolute Gasteiger partial charge is 0.308 e. The molecule has 0 aromatic rings. The van der Waals surface area contributed by atoms with Crippen LogP contribution >= 0.6 is 0 Å². The fraction of sp³-hybridized carbons (Fsp3) is 0.684. The van der Waals surface area contributed by atoms with E-state index in [-0.39, 0.29) is 12.8 Å². The highest BCUT2D eigenvalue weighted by Crippen LogP contribution is 2.10. The van der Waals surface area contributed by atoms with Gasteiger partial charge in [-0.2, -0.15) is 0 Å². The molecule has 0 saturated carbocycles. The van der Waals surface area contributed by atoms with Gasteiger partial charge in [0.15, 0.2) is 6.10 Å². The predicted octanol–water partition coefficient (Wildman–Crippen LogP) is 2.52. The minimum atomic E-state index is -1.00. The molecule has 0 aromatic carbocycles. The summed E-state index contributed by atoms with van der Waals surface area (Å²) in [5, 5.41) is 18.9. The standard InChI is InChI=1S/C19H33NO5/c1-5-6-7-8-9-10-11-12-16(21)13-19(24)25-17(14-18(22)23)15-20(2,3)4/h5-6,9-10,16-17,21H,7-8,11-15H2,1-4H3/p+1/b6-5+,10-9+. The highest BCUT2D eigenvalue weighted by Gasteiger charge is 2.25. The molecule has 0 aliphatic heterocycles. The van der Waals surface area contributed by atoms with Crippen molar-refractivity contribution in [2.24, 2.45) is 0 Å². The van der Waals surface area contributed by atoms with E-state index >= 15 is 0 Å². The molecule has 0 heterocycles. The number of esters is 1. The Labute approximate surface area is 151 Å². The van der Waals surface area contributed by atoms with Gasteiger partial charge in [-0.25, -0.2) is 0 Å². The molecule has 0 rings (SSSR count). The lowest BCUT2D eigenvalue weighted by Crippen LogP contribution is -2.44. The zero-order valence-corrected chi connectivity index (χ0v) is 16.0. The number of hydrogen-bond donors (Lipinski definition) is 2. The second-order valence-electron chi connectivity index (χ2n) is 7.24. The van der Waals surface area contributed by atoms with E-state index in [1.807, 2.05) is 40.2 Å². The Kier molecular flexibility index (Phi) is 11.8. The summed E-state index contributed by atoms with van der Waals surface area (Å²) < 4.78 is 5.75. The Hall–Kier alpha value is -1.66. The number of ether oxygens (including phenoxy) is 1. The SMILES string of the molecule is C/C=C/CC/C=C/CCC(O)CC(=O)OC(CC(=O)O)C[N+](C)(C)C. The summed E-state index contributed by atoms with van der Waals surface area (Å²) in [7, 11) is 5.71. The number of hydrogen-bond acceptors (Lipinski definition) is 4. The lowest BCUT2D eigenvalue weighted by Gasteiger charge is -2.28.